The summed E-state index contributed by atoms with van der Waals surface area (Å²) >= 11 is 0. The Labute approximate surface area is 79.1 Å². The minimum absolute atomic E-state index is 0.251. The van der Waals surface area contributed by atoms with Gasteiger partial charge >= 0.3 is 0 Å². The van der Waals surface area contributed by atoms with Crippen LogP contribution in [0.4, 0.5) is 0 Å². The molecule has 0 spiro atoms. The Hall–Kier alpha value is -0.420. The first-order valence-electron chi connectivity index (χ1n) is 4.36. The predicted octanol–water partition coefficient (Wildman–Crippen LogP) is 0.562. The highest BCUT2D eigenvalue weighted by molar-refractivity contribution is 4.64. The summed E-state index contributed by atoms with van der Waals surface area (Å²) in [6, 6.07) is 0. The topological polar surface area (TPSA) is 47.9 Å². The number of aliphatic hydroxyl groups excluding tert-OH is 1. The van der Waals surface area contributed by atoms with Gasteiger partial charge in [-0.3, -0.25) is 0 Å². The van der Waals surface area contributed by atoms with Gasteiger partial charge in [-0.05, 0) is 6.42 Å². The third-order valence-electron chi connectivity index (χ3n) is 1.30. The Kier molecular flexibility index (Phi) is 11.2. The van der Waals surface area contributed by atoms with Gasteiger partial charge in [-0.15, -0.1) is 6.58 Å². The summed E-state index contributed by atoms with van der Waals surface area (Å²) in [7, 11) is 0. The van der Waals surface area contributed by atoms with Crippen molar-refractivity contribution in [1.29, 1.82) is 0 Å². The summed E-state index contributed by atoms with van der Waals surface area (Å²) in [5, 5.41) is 8.25. The van der Waals surface area contributed by atoms with Crippen molar-refractivity contribution in [3.05, 3.63) is 12.7 Å². The lowest BCUT2D eigenvalue weighted by atomic mass is 10.5. The molecule has 0 aromatic rings. The first-order chi connectivity index (χ1) is 6.41. The number of rotatable bonds is 10. The van der Waals surface area contributed by atoms with E-state index in [0.717, 1.165) is 6.42 Å². The SMILES string of the molecule is C=CCCOCCOCCOCO. The molecule has 0 aromatic heterocycles. The summed E-state index contributed by atoms with van der Waals surface area (Å²) in [4.78, 5) is 0. The molecule has 4 nitrogen and oxygen atoms in total. The number of hydrogen-bond donors (Lipinski definition) is 1. The second-order valence-electron chi connectivity index (χ2n) is 2.34. The molecule has 0 fully saturated rings. The van der Waals surface area contributed by atoms with Gasteiger partial charge in [0, 0.05) is 0 Å². The Morgan fingerprint density at radius 2 is 1.46 bits per heavy atom. The minimum atomic E-state index is -0.251. The zero-order chi connectivity index (χ0) is 9.78. The van der Waals surface area contributed by atoms with Crippen LogP contribution in [0.3, 0.4) is 0 Å². The highest BCUT2D eigenvalue weighted by Crippen LogP contribution is 1.84. The largest absolute Gasteiger partial charge is 0.379 e. The van der Waals surface area contributed by atoms with Gasteiger partial charge in [0.15, 0.2) is 0 Å². The van der Waals surface area contributed by atoms with Crippen LogP contribution in [0.15, 0.2) is 12.7 Å². The third-order valence-corrected chi connectivity index (χ3v) is 1.30. The summed E-state index contributed by atoms with van der Waals surface area (Å²) in [5.74, 6) is 0. The molecule has 0 atom stereocenters. The van der Waals surface area contributed by atoms with E-state index in [0.29, 0.717) is 33.0 Å². The zero-order valence-electron chi connectivity index (χ0n) is 7.91. The van der Waals surface area contributed by atoms with Crippen molar-refractivity contribution in [2.45, 2.75) is 6.42 Å². The van der Waals surface area contributed by atoms with E-state index >= 15 is 0 Å². The van der Waals surface area contributed by atoms with Gasteiger partial charge in [-0.1, -0.05) is 6.08 Å². The molecule has 78 valence electrons. The number of ether oxygens (including phenoxy) is 3. The molecule has 0 aliphatic rings. The van der Waals surface area contributed by atoms with E-state index in [9.17, 15) is 0 Å². The Morgan fingerprint density at radius 3 is 2.00 bits per heavy atom. The average molecular weight is 190 g/mol. The highest BCUT2D eigenvalue weighted by atomic mass is 16.6. The molecule has 0 radical (unpaired) electrons. The maximum Gasteiger partial charge on any atom is 0.143 e. The number of aliphatic hydroxyl groups is 1. The lowest BCUT2D eigenvalue weighted by molar-refractivity contribution is -0.0365. The van der Waals surface area contributed by atoms with Gasteiger partial charge in [0.25, 0.3) is 0 Å². The van der Waals surface area contributed by atoms with Crippen molar-refractivity contribution in [3.8, 4) is 0 Å². The maximum absolute atomic E-state index is 8.25. The molecule has 0 saturated carbocycles. The van der Waals surface area contributed by atoms with Crippen LogP contribution in [0.5, 0.6) is 0 Å². The fraction of sp³-hybridized carbons (Fsp3) is 0.778. The Bertz CT molecular complexity index is 106. The predicted molar refractivity (Wildman–Crippen MR) is 49.5 cm³/mol. The smallest absolute Gasteiger partial charge is 0.143 e. The van der Waals surface area contributed by atoms with Crippen molar-refractivity contribution in [1.82, 2.24) is 0 Å². The van der Waals surface area contributed by atoms with Crippen LogP contribution < -0.4 is 0 Å². The van der Waals surface area contributed by atoms with Crippen molar-refractivity contribution in [2.24, 2.45) is 0 Å². The molecule has 4 heteroatoms. The molecule has 0 heterocycles. The summed E-state index contributed by atoms with van der Waals surface area (Å²) < 4.78 is 15.0. The molecule has 0 amide bonds. The normalized spacial score (nSPS) is 10.2. The Balaban J connectivity index is 2.79. The molecular formula is C9H18O4. The maximum atomic E-state index is 8.25. The van der Waals surface area contributed by atoms with Crippen LogP contribution in [0.25, 0.3) is 0 Å². The van der Waals surface area contributed by atoms with Crippen LogP contribution in [-0.2, 0) is 14.2 Å². The summed E-state index contributed by atoms with van der Waals surface area (Å²) in [5.41, 5.74) is 0. The third kappa shape index (κ3) is 11.6. The lowest BCUT2D eigenvalue weighted by Crippen LogP contribution is -2.09. The monoisotopic (exact) mass is 190 g/mol. The van der Waals surface area contributed by atoms with Gasteiger partial charge in [0.1, 0.15) is 6.79 Å². The van der Waals surface area contributed by atoms with Crippen LogP contribution >= 0.6 is 0 Å². The zero-order valence-corrected chi connectivity index (χ0v) is 7.91. The van der Waals surface area contributed by atoms with Crippen LogP contribution in [0.2, 0.25) is 0 Å². The molecule has 0 aromatic carbocycles. The molecule has 0 aliphatic heterocycles. The second kappa shape index (κ2) is 11.6. The van der Waals surface area contributed by atoms with E-state index in [1.54, 1.807) is 0 Å². The summed E-state index contributed by atoms with van der Waals surface area (Å²) in [6.07, 6.45) is 2.68. The standard InChI is InChI=1S/C9H18O4/c1-2-3-4-11-5-6-12-7-8-13-9-10/h2,10H,1,3-9H2. The van der Waals surface area contributed by atoms with Crippen LogP contribution in [-0.4, -0.2) is 44.9 Å². The fourth-order valence-corrected chi connectivity index (χ4v) is 0.671. The molecular weight excluding hydrogens is 172 g/mol. The van der Waals surface area contributed by atoms with E-state index in [-0.39, 0.29) is 6.79 Å². The fourth-order valence-electron chi connectivity index (χ4n) is 0.671. The van der Waals surface area contributed by atoms with Crippen molar-refractivity contribution >= 4 is 0 Å². The van der Waals surface area contributed by atoms with E-state index in [1.807, 2.05) is 6.08 Å². The molecule has 0 aliphatic carbocycles. The van der Waals surface area contributed by atoms with Gasteiger partial charge in [-0.25, -0.2) is 0 Å². The van der Waals surface area contributed by atoms with Crippen LogP contribution in [0.1, 0.15) is 6.42 Å². The molecule has 0 unspecified atom stereocenters. The lowest BCUT2D eigenvalue weighted by Gasteiger charge is -2.04. The van der Waals surface area contributed by atoms with E-state index < -0.39 is 0 Å². The molecule has 13 heavy (non-hydrogen) atoms. The van der Waals surface area contributed by atoms with E-state index in [2.05, 4.69) is 11.3 Å². The van der Waals surface area contributed by atoms with Gasteiger partial charge in [-0.2, -0.15) is 0 Å². The quantitative estimate of drug-likeness (QED) is 0.311. The minimum Gasteiger partial charge on any atom is -0.379 e. The van der Waals surface area contributed by atoms with Gasteiger partial charge in [0.2, 0.25) is 0 Å². The second-order valence-corrected chi connectivity index (χ2v) is 2.34. The van der Waals surface area contributed by atoms with Crippen LogP contribution in [0, 0.1) is 0 Å². The first kappa shape index (κ1) is 12.6. The molecule has 0 rings (SSSR count). The number of hydrogen-bond acceptors (Lipinski definition) is 4. The molecule has 0 bridgehead atoms. The van der Waals surface area contributed by atoms with E-state index in [4.69, 9.17) is 14.6 Å². The van der Waals surface area contributed by atoms with Crippen molar-refractivity contribution < 1.29 is 19.3 Å². The first-order valence-corrected chi connectivity index (χ1v) is 4.36. The molecule has 0 saturated heterocycles. The Morgan fingerprint density at radius 1 is 0.923 bits per heavy atom. The van der Waals surface area contributed by atoms with Gasteiger partial charge < -0.3 is 19.3 Å². The molecule has 1 N–H and O–H groups in total. The van der Waals surface area contributed by atoms with Crippen molar-refractivity contribution in [3.63, 3.8) is 0 Å². The summed E-state index contributed by atoms with van der Waals surface area (Å²) in [6.45, 7) is 6.08. The highest BCUT2D eigenvalue weighted by Gasteiger charge is 1.89. The van der Waals surface area contributed by atoms with Crippen molar-refractivity contribution in [2.75, 3.05) is 39.8 Å². The van der Waals surface area contributed by atoms with E-state index in [1.165, 1.54) is 0 Å². The average Bonchev–Trinajstić information content (AvgIpc) is 2.16. The van der Waals surface area contributed by atoms with Gasteiger partial charge in [0.05, 0.1) is 33.0 Å².